The fourth-order valence-corrected chi connectivity index (χ4v) is 2.47. The maximum atomic E-state index is 12.2. The molecule has 0 aliphatic rings. The molecule has 1 amide bonds. The van der Waals surface area contributed by atoms with Crippen LogP contribution < -0.4 is 10.2 Å². The van der Waals surface area contributed by atoms with Crippen LogP contribution in [0, 0.1) is 10.1 Å². The summed E-state index contributed by atoms with van der Waals surface area (Å²) in [5.74, 6) is 0.305. The fraction of sp³-hybridized carbons (Fsp3) is 0.150. The number of benzene rings is 2. The molecule has 9 nitrogen and oxygen atoms in total. The van der Waals surface area contributed by atoms with Gasteiger partial charge >= 0.3 is 0 Å². The number of hydrogen-bond donors (Lipinski definition) is 2. The summed E-state index contributed by atoms with van der Waals surface area (Å²) in [4.78, 5) is 22.3. The molecular weight excluding hydrogens is 374 g/mol. The molecule has 3 rings (SSSR count). The van der Waals surface area contributed by atoms with E-state index in [2.05, 4.69) is 20.7 Å². The van der Waals surface area contributed by atoms with Crippen LogP contribution in [0.5, 0.6) is 5.75 Å². The number of carbonyl (C=O) groups is 1. The minimum absolute atomic E-state index is 0.0139. The number of hydrazone groups is 1. The van der Waals surface area contributed by atoms with Crippen LogP contribution in [-0.2, 0) is 0 Å². The Kier molecular flexibility index (Phi) is 5.98. The molecule has 0 radical (unpaired) electrons. The Morgan fingerprint density at radius 2 is 1.90 bits per heavy atom. The Bertz CT molecular complexity index is 1020. The Labute approximate surface area is 166 Å². The number of carbonyl (C=O) groups excluding carboxylic acids is 1. The first kappa shape index (κ1) is 19.7. The summed E-state index contributed by atoms with van der Waals surface area (Å²) in [5, 5.41) is 21.3. The molecule has 0 fully saturated rings. The lowest BCUT2D eigenvalue weighted by Crippen LogP contribution is -2.17. The Balaban J connectivity index is 1.61. The van der Waals surface area contributed by atoms with Gasteiger partial charge in [0.15, 0.2) is 0 Å². The van der Waals surface area contributed by atoms with E-state index < -0.39 is 10.8 Å². The third kappa shape index (κ3) is 5.25. The lowest BCUT2D eigenvalue weighted by atomic mass is 10.1. The van der Waals surface area contributed by atoms with E-state index in [1.165, 1.54) is 30.5 Å². The number of aromatic nitrogens is 2. The van der Waals surface area contributed by atoms with Gasteiger partial charge in [0.2, 0.25) is 0 Å². The van der Waals surface area contributed by atoms with E-state index in [4.69, 9.17) is 4.74 Å². The number of rotatable bonds is 7. The average molecular weight is 393 g/mol. The molecule has 0 spiro atoms. The number of nitro benzene ring substituents is 1. The Morgan fingerprint density at radius 1 is 1.21 bits per heavy atom. The van der Waals surface area contributed by atoms with E-state index in [0.29, 0.717) is 11.3 Å². The van der Waals surface area contributed by atoms with E-state index >= 15 is 0 Å². The highest BCUT2D eigenvalue weighted by atomic mass is 16.6. The highest BCUT2D eigenvalue weighted by molar-refractivity contribution is 5.94. The van der Waals surface area contributed by atoms with Crippen molar-refractivity contribution >= 4 is 17.8 Å². The third-order valence-electron chi connectivity index (χ3n) is 3.83. The molecule has 9 heteroatoms. The van der Waals surface area contributed by atoms with Gasteiger partial charge in [-0.1, -0.05) is 0 Å². The molecule has 1 heterocycles. The topological polar surface area (TPSA) is 123 Å². The zero-order chi connectivity index (χ0) is 20.8. The van der Waals surface area contributed by atoms with Crippen molar-refractivity contribution in [2.45, 2.75) is 20.0 Å². The highest BCUT2D eigenvalue weighted by Gasteiger charge is 2.11. The van der Waals surface area contributed by atoms with E-state index in [-0.39, 0.29) is 17.5 Å². The lowest BCUT2D eigenvalue weighted by molar-refractivity contribution is -0.384. The van der Waals surface area contributed by atoms with E-state index in [1.807, 2.05) is 38.1 Å². The molecule has 0 aliphatic heterocycles. The van der Waals surface area contributed by atoms with Crippen molar-refractivity contribution in [3.8, 4) is 17.0 Å². The molecule has 0 aliphatic carbocycles. The molecule has 29 heavy (non-hydrogen) atoms. The zero-order valence-electron chi connectivity index (χ0n) is 15.8. The van der Waals surface area contributed by atoms with Crippen LogP contribution in [0.15, 0.2) is 59.7 Å². The van der Waals surface area contributed by atoms with Crippen LogP contribution in [0.25, 0.3) is 11.3 Å². The monoisotopic (exact) mass is 393 g/mol. The predicted octanol–water partition coefficient (Wildman–Crippen LogP) is 3.54. The third-order valence-corrected chi connectivity index (χ3v) is 3.83. The van der Waals surface area contributed by atoms with Crippen LogP contribution in [0.4, 0.5) is 5.69 Å². The molecular formula is C20H19N5O4. The fourth-order valence-electron chi connectivity index (χ4n) is 2.47. The molecule has 0 bridgehead atoms. The van der Waals surface area contributed by atoms with Crippen LogP contribution in [0.1, 0.15) is 29.9 Å². The number of nitro groups is 1. The molecule has 3 aromatic rings. The second-order valence-corrected chi connectivity index (χ2v) is 6.41. The van der Waals surface area contributed by atoms with Crippen LogP contribution in [-0.4, -0.2) is 33.3 Å². The number of H-pyrrole nitrogens is 1. The molecule has 2 aromatic carbocycles. The van der Waals surface area contributed by atoms with Crippen LogP contribution in [0.2, 0.25) is 0 Å². The predicted molar refractivity (Wildman–Crippen MR) is 108 cm³/mol. The Morgan fingerprint density at radius 3 is 2.52 bits per heavy atom. The summed E-state index contributed by atoms with van der Waals surface area (Å²) in [5.41, 5.74) is 4.70. The summed E-state index contributed by atoms with van der Waals surface area (Å²) >= 11 is 0. The first-order valence-corrected chi connectivity index (χ1v) is 8.83. The second-order valence-electron chi connectivity index (χ2n) is 6.41. The first-order valence-electron chi connectivity index (χ1n) is 8.83. The second kappa shape index (κ2) is 8.79. The van der Waals surface area contributed by atoms with Gasteiger partial charge in [-0.2, -0.15) is 10.2 Å². The van der Waals surface area contributed by atoms with Crippen molar-refractivity contribution in [2.24, 2.45) is 5.10 Å². The summed E-state index contributed by atoms with van der Waals surface area (Å²) < 4.78 is 5.61. The highest BCUT2D eigenvalue weighted by Crippen LogP contribution is 2.22. The quantitative estimate of drug-likeness (QED) is 0.361. The van der Waals surface area contributed by atoms with E-state index in [9.17, 15) is 14.9 Å². The normalized spacial score (nSPS) is 11.0. The van der Waals surface area contributed by atoms with Gasteiger partial charge in [-0.3, -0.25) is 20.0 Å². The number of non-ortho nitro benzene ring substituents is 1. The summed E-state index contributed by atoms with van der Waals surface area (Å²) in [6.07, 6.45) is 1.49. The number of hydrogen-bond acceptors (Lipinski definition) is 6. The maximum Gasteiger partial charge on any atom is 0.289 e. The van der Waals surface area contributed by atoms with Crippen molar-refractivity contribution in [2.75, 3.05) is 0 Å². The van der Waals surface area contributed by atoms with Crippen molar-refractivity contribution in [3.63, 3.8) is 0 Å². The smallest absolute Gasteiger partial charge is 0.289 e. The SMILES string of the molecule is CC(C)Oc1ccc(-c2cc(C(=O)NN=Cc3ccc([N+](=O)[O-])cc3)[nH]n2)cc1. The standard InChI is InChI=1S/C20H19N5O4/c1-13(2)29-17-9-5-15(6-10-17)18-11-19(23-22-18)20(26)24-21-12-14-3-7-16(8-4-14)25(27)28/h3-13H,1-2H3,(H,22,23)(H,24,26). The minimum atomic E-state index is -0.483. The summed E-state index contributed by atoms with van der Waals surface area (Å²) in [7, 11) is 0. The van der Waals surface area contributed by atoms with Gasteiger partial charge in [-0.05, 0) is 61.9 Å². The van der Waals surface area contributed by atoms with Gasteiger partial charge in [-0.25, -0.2) is 5.43 Å². The number of amides is 1. The molecule has 0 unspecified atom stereocenters. The van der Waals surface area contributed by atoms with E-state index in [1.54, 1.807) is 6.07 Å². The van der Waals surface area contributed by atoms with Gasteiger partial charge in [0.25, 0.3) is 11.6 Å². The molecule has 0 saturated heterocycles. The number of aromatic amines is 1. The molecule has 0 atom stereocenters. The van der Waals surface area contributed by atoms with Crippen molar-refractivity contribution in [1.82, 2.24) is 15.6 Å². The van der Waals surface area contributed by atoms with Crippen LogP contribution >= 0.6 is 0 Å². The average Bonchev–Trinajstić information content (AvgIpc) is 3.19. The van der Waals surface area contributed by atoms with Crippen molar-refractivity contribution in [3.05, 3.63) is 76.0 Å². The summed E-state index contributed by atoms with van der Waals surface area (Å²) in [6.45, 7) is 3.91. The van der Waals surface area contributed by atoms with Gasteiger partial charge in [0.1, 0.15) is 11.4 Å². The van der Waals surface area contributed by atoms with E-state index in [0.717, 1.165) is 11.3 Å². The van der Waals surface area contributed by atoms with Gasteiger partial charge < -0.3 is 4.74 Å². The number of nitrogens with zero attached hydrogens (tertiary/aromatic N) is 3. The molecule has 148 valence electrons. The van der Waals surface area contributed by atoms with Crippen molar-refractivity contribution < 1.29 is 14.5 Å². The van der Waals surface area contributed by atoms with Crippen LogP contribution in [0.3, 0.4) is 0 Å². The molecule has 1 aromatic heterocycles. The molecule has 0 saturated carbocycles. The number of nitrogens with one attached hydrogen (secondary N) is 2. The first-order chi connectivity index (χ1) is 13.9. The summed E-state index contributed by atoms with van der Waals surface area (Å²) in [6, 6.07) is 14.8. The van der Waals surface area contributed by atoms with Gasteiger partial charge in [0, 0.05) is 17.7 Å². The largest absolute Gasteiger partial charge is 0.491 e. The van der Waals surface area contributed by atoms with Crippen molar-refractivity contribution in [1.29, 1.82) is 0 Å². The zero-order valence-corrected chi connectivity index (χ0v) is 15.8. The molecule has 2 N–H and O–H groups in total. The lowest BCUT2D eigenvalue weighted by Gasteiger charge is -2.09. The Hall–Kier alpha value is -4.01. The maximum absolute atomic E-state index is 12.2. The van der Waals surface area contributed by atoms with Gasteiger partial charge in [-0.15, -0.1) is 0 Å². The van der Waals surface area contributed by atoms with Gasteiger partial charge in [0.05, 0.1) is 22.9 Å². The minimum Gasteiger partial charge on any atom is -0.491 e. The number of ether oxygens (including phenoxy) is 1.